The molecule has 2 N–H and O–H groups in total. The van der Waals surface area contributed by atoms with Crippen molar-refractivity contribution in [1.29, 1.82) is 0 Å². The van der Waals surface area contributed by atoms with Crippen LogP contribution in [0.5, 0.6) is 5.75 Å². The normalized spacial score (nSPS) is 13.0. The largest absolute Gasteiger partial charge is 0.494 e. The van der Waals surface area contributed by atoms with Crippen LogP contribution in [-0.4, -0.2) is 25.7 Å². The lowest BCUT2D eigenvalue weighted by Gasteiger charge is -2.23. The minimum absolute atomic E-state index is 0.206. The van der Waals surface area contributed by atoms with Gasteiger partial charge in [-0.15, -0.1) is 0 Å². The van der Waals surface area contributed by atoms with E-state index in [1.165, 1.54) is 11.1 Å². The van der Waals surface area contributed by atoms with Gasteiger partial charge in [-0.25, -0.2) is 0 Å². The third kappa shape index (κ3) is 6.72. The van der Waals surface area contributed by atoms with Crippen LogP contribution in [0.3, 0.4) is 0 Å². The second-order valence-corrected chi connectivity index (χ2v) is 7.12. The van der Waals surface area contributed by atoms with Crippen molar-refractivity contribution in [1.82, 2.24) is 0 Å². The molecule has 0 saturated carbocycles. The number of hydrogen-bond acceptors (Lipinski definition) is 4. The number of rotatable bonds is 11. The summed E-state index contributed by atoms with van der Waals surface area (Å²) in [7, 11) is 0. The van der Waals surface area contributed by atoms with Gasteiger partial charge in [0, 0.05) is 6.54 Å². The van der Waals surface area contributed by atoms with Gasteiger partial charge in [0.15, 0.2) is 0 Å². The molecule has 2 aromatic carbocycles. The lowest BCUT2D eigenvalue weighted by Crippen LogP contribution is -2.36. The number of benzene rings is 2. The fourth-order valence-electron chi connectivity index (χ4n) is 2.64. The highest BCUT2D eigenvalue weighted by molar-refractivity contribution is 5.76. The molecule has 0 heterocycles. The zero-order valence-electron chi connectivity index (χ0n) is 16.4. The van der Waals surface area contributed by atoms with Crippen LogP contribution in [0.15, 0.2) is 54.6 Å². The van der Waals surface area contributed by atoms with Gasteiger partial charge in [-0.05, 0) is 55.9 Å². The summed E-state index contributed by atoms with van der Waals surface area (Å²) in [4.78, 5) is 12.0. The SMILES string of the molecule is CCC(C)(CN)C(=O)OCCCCOc1ccc(Cc2ccccc2)cc1. The summed E-state index contributed by atoms with van der Waals surface area (Å²) in [6, 6.07) is 18.6. The molecule has 0 saturated heterocycles. The summed E-state index contributed by atoms with van der Waals surface area (Å²) < 4.78 is 11.1. The second kappa shape index (κ2) is 10.7. The highest BCUT2D eigenvalue weighted by atomic mass is 16.5. The van der Waals surface area contributed by atoms with Crippen molar-refractivity contribution in [3.05, 3.63) is 65.7 Å². The van der Waals surface area contributed by atoms with Crippen LogP contribution in [0, 0.1) is 5.41 Å². The maximum Gasteiger partial charge on any atom is 0.313 e. The fraction of sp³-hybridized carbons (Fsp3) is 0.435. The van der Waals surface area contributed by atoms with Gasteiger partial charge in [0.25, 0.3) is 0 Å². The predicted octanol–water partition coefficient (Wildman–Crippen LogP) is 4.35. The van der Waals surface area contributed by atoms with E-state index in [4.69, 9.17) is 15.2 Å². The highest BCUT2D eigenvalue weighted by Crippen LogP contribution is 2.21. The topological polar surface area (TPSA) is 61.6 Å². The molecular weight excluding hydrogens is 338 g/mol. The van der Waals surface area contributed by atoms with E-state index in [0.717, 1.165) is 25.0 Å². The molecule has 2 aromatic rings. The summed E-state index contributed by atoms with van der Waals surface area (Å²) in [6.45, 7) is 5.13. The molecular formula is C23H31NO3. The number of unbranched alkanes of at least 4 members (excludes halogenated alkanes) is 1. The van der Waals surface area contributed by atoms with E-state index >= 15 is 0 Å². The Morgan fingerprint density at radius 2 is 1.59 bits per heavy atom. The molecule has 0 fully saturated rings. The first-order valence-corrected chi connectivity index (χ1v) is 9.70. The Bertz CT molecular complexity index is 679. The molecule has 1 atom stereocenters. The molecule has 1 unspecified atom stereocenters. The maximum atomic E-state index is 12.0. The molecule has 4 heteroatoms. The van der Waals surface area contributed by atoms with E-state index in [1.54, 1.807) is 0 Å². The molecule has 0 radical (unpaired) electrons. The highest BCUT2D eigenvalue weighted by Gasteiger charge is 2.31. The Morgan fingerprint density at radius 1 is 0.963 bits per heavy atom. The first-order valence-electron chi connectivity index (χ1n) is 9.70. The van der Waals surface area contributed by atoms with Gasteiger partial charge >= 0.3 is 5.97 Å². The molecule has 146 valence electrons. The zero-order chi connectivity index (χ0) is 19.5. The second-order valence-electron chi connectivity index (χ2n) is 7.12. The molecule has 27 heavy (non-hydrogen) atoms. The van der Waals surface area contributed by atoms with Crippen molar-refractivity contribution >= 4 is 5.97 Å². The summed E-state index contributed by atoms with van der Waals surface area (Å²) >= 11 is 0. The number of carbonyl (C=O) groups is 1. The van der Waals surface area contributed by atoms with E-state index in [1.807, 2.05) is 32.0 Å². The first-order chi connectivity index (χ1) is 13.1. The number of hydrogen-bond donors (Lipinski definition) is 1. The Hall–Kier alpha value is -2.33. The standard InChI is InChI=1S/C23H31NO3/c1-3-23(2,18-24)22(25)27-16-8-7-15-26-21-13-11-20(12-14-21)17-19-9-5-4-6-10-19/h4-6,9-14H,3,7-8,15-18,24H2,1-2H3. The number of nitrogens with two attached hydrogens (primary N) is 1. The van der Waals surface area contributed by atoms with Crippen molar-refractivity contribution in [2.75, 3.05) is 19.8 Å². The molecule has 0 bridgehead atoms. The first kappa shape index (κ1) is 21.0. The van der Waals surface area contributed by atoms with Crippen LogP contribution in [0.1, 0.15) is 44.2 Å². The van der Waals surface area contributed by atoms with E-state index in [0.29, 0.717) is 26.2 Å². The Morgan fingerprint density at radius 3 is 2.22 bits per heavy atom. The summed E-state index contributed by atoms with van der Waals surface area (Å²) in [5, 5.41) is 0. The van der Waals surface area contributed by atoms with E-state index < -0.39 is 5.41 Å². The van der Waals surface area contributed by atoms with Gasteiger partial charge in [-0.3, -0.25) is 4.79 Å². The molecule has 0 aliphatic carbocycles. The van der Waals surface area contributed by atoms with Crippen molar-refractivity contribution in [3.63, 3.8) is 0 Å². The number of ether oxygens (including phenoxy) is 2. The quantitative estimate of drug-likeness (QED) is 0.472. The third-order valence-electron chi connectivity index (χ3n) is 4.94. The summed E-state index contributed by atoms with van der Waals surface area (Å²) in [5.74, 6) is 0.660. The van der Waals surface area contributed by atoms with Crippen LogP contribution < -0.4 is 10.5 Å². The molecule has 0 spiro atoms. The number of carbonyl (C=O) groups excluding carboxylic acids is 1. The van der Waals surface area contributed by atoms with E-state index in [-0.39, 0.29) is 5.97 Å². The molecule has 2 rings (SSSR count). The molecule has 4 nitrogen and oxygen atoms in total. The minimum atomic E-state index is -0.571. The summed E-state index contributed by atoms with van der Waals surface area (Å²) in [5.41, 5.74) is 7.66. The Kier molecular flexibility index (Phi) is 8.34. The van der Waals surface area contributed by atoms with Crippen LogP contribution in [0.25, 0.3) is 0 Å². The molecule has 0 aliphatic rings. The van der Waals surface area contributed by atoms with Crippen molar-refractivity contribution < 1.29 is 14.3 Å². The monoisotopic (exact) mass is 369 g/mol. The van der Waals surface area contributed by atoms with Crippen LogP contribution in [-0.2, 0) is 16.0 Å². The van der Waals surface area contributed by atoms with Gasteiger partial charge in [0.05, 0.1) is 18.6 Å². The van der Waals surface area contributed by atoms with Gasteiger partial charge in [0.2, 0.25) is 0 Å². The Labute approximate surface area is 162 Å². The van der Waals surface area contributed by atoms with Gasteiger partial charge in [-0.1, -0.05) is 49.4 Å². The average molecular weight is 370 g/mol. The van der Waals surface area contributed by atoms with Gasteiger partial charge in [0.1, 0.15) is 5.75 Å². The zero-order valence-corrected chi connectivity index (χ0v) is 16.4. The molecule has 0 aliphatic heterocycles. The van der Waals surface area contributed by atoms with Crippen LogP contribution >= 0.6 is 0 Å². The Balaban J connectivity index is 1.64. The smallest absolute Gasteiger partial charge is 0.313 e. The van der Waals surface area contributed by atoms with Gasteiger partial charge in [-0.2, -0.15) is 0 Å². The summed E-state index contributed by atoms with van der Waals surface area (Å²) in [6.07, 6.45) is 3.23. The lowest BCUT2D eigenvalue weighted by atomic mass is 9.88. The van der Waals surface area contributed by atoms with Crippen molar-refractivity contribution in [2.24, 2.45) is 11.1 Å². The third-order valence-corrected chi connectivity index (χ3v) is 4.94. The van der Waals surface area contributed by atoms with Crippen molar-refractivity contribution in [3.8, 4) is 5.75 Å². The van der Waals surface area contributed by atoms with Crippen LogP contribution in [0.2, 0.25) is 0 Å². The van der Waals surface area contributed by atoms with E-state index in [2.05, 4.69) is 36.4 Å². The minimum Gasteiger partial charge on any atom is -0.494 e. The predicted molar refractivity (Wildman–Crippen MR) is 109 cm³/mol. The molecule has 0 aromatic heterocycles. The van der Waals surface area contributed by atoms with Crippen LogP contribution in [0.4, 0.5) is 0 Å². The van der Waals surface area contributed by atoms with Gasteiger partial charge < -0.3 is 15.2 Å². The van der Waals surface area contributed by atoms with E-state index in [9.17, 15) is 4.79 Å². The van der Waals surface area contributed by atoms with Crippen molar-refractivity contribution in [2.45, 2.75) is 39.5 Å². The average Bonchev–Trinajstić information content (AvgIpc) is 2.71. The fourth-order valence-corrected chi connectivity index (χ4v) is 2.64. The maximum absolute atomic E-state index is 12.0. The number of esters is 1. The lowest BCUT2D eigenvalue weighted by molar-refractivity contribution is -0.154. The molecule has 0 amide bonds.